The van der Waals surface area contributed by atoms with E-state index in [0.29, 0.717) is 0 Å². The topological polar surface area (TPSA) is 53.7 Å². The first-order chi connectivity index (χ1) is 10.1. The Balaban J connectivity index is 2.50. The summed E-state index contributed by atoms with van der Waals surface area (Å²) in [5.74, 6) is 2.22. The van der Waals surface area contributed by atoms with E-state index in [0.717, 1.165) is 29.2 Å². The number of nitrogens with two attached hydrogens (primary N) is 1. The molecule has 0 aliphatic heterocycles. The van der Waals surface area contributed by atoms with Gasteiger partial charge in [0.25, 0.3) is 0 Å². The summed E-state index contributed by atoms with van der Waals surface area (Å²) < 4.78 is 16.4. The first kappa shape index (κ1) is 16.0. The monoisotopic (exact) mass is 293 g/mol. The van der Waals surface area contributed by atoms with Crippen LogP contribution in [0.4, 0.5) is 0 Å². The van der Waals surface area contributed by atoms with E-state index in [4.69, 9.17) is 19.9 Å². The lowest BCUT2D eigenvalue weighted by Crippen LogP contribution is -2.32. The Morgan fingerprint density at radius 2 is 1.57 bits per heavy atom. The lowest BCUT2D eigenvalue weighted by molar-refractivity contribution is 0.213. The fourth-order valence-corrected chi connectivity index (χ4v) is 3.61. The lowest BCUT2D eigenvalue weighted by atomic mass is 9.73. The zero-order valence-corrected chi connectivity index (χ0v) is 13.6. The smallest absolute Gasteiger partial charge is 0.131 e. The van der Waals surface area contributed by atoms with Gasteiger partial charge in [-0.25, -0.2) is 0 Å². The summed E-state index contributed by atoms with van der Waals surface area (Å²) in [5.41, 5.74) is 7.80. The number of hydrogen-bond donors (Lipinski definition) is 1. The van der Waals surface area contributed by atoms with Crippen LogP contribution in [-0.2, 0) is 0 Å². The molecule has 0 saturated heterocycles. The SMILES string of the molecule is CCC1(C(N)c2c(OC)cc(OC)cc2OC)CCCC1. The predicted octanol–water partition coefficient (Wildman–Crippen LogP) is 3.68. The summed E-state index contributed by atoms with van der Waals surface area (Å²) in [6.45, 7) is 2.23. The largest absolute Gasteiger partial charge is 0.496 e. The van der Waals surface area contributed by atoms with E-state index < -0.39 is 0 Å². The second-order valence-electron chi connectivity index (χ2n) is 5.85. The van der Waals surface area contributed by atoms with Crippen molar-refractivity contribution in [1.82, 2.24) is 0 Å². The molecule has 1 atom stereocenters. The quantitative estimate of drug-likeness (QED) is 0.869. The zero-order valence-electron chi connectivity index (χ0n) is 13.6. The highest BCUT2D eigenvalue weighted by atomic mass is 16.5. The highest BCUT2D eigenvalue weighted by Gasteiger charge is 2.41. The summed E-state index contributed by atoms with van der Waals surface area (Å²) in [5, 5.41) is 0. The molecule has 1 aliphatic rings. The fourth-order valence-electron chi connectivity index (χ4n) is 3.61. The molecule has 0 amide bonds. The van der Waals surface area contributed by atoms with Gasteiger partial charge in [-0.2, -0.15) is 0 Å². The maximum Gasteiger partial charge on any atom is 0.131 e. The Labute approximate surface area is 127 Å². The van der Waals surface area contributed by atoms with Crippen molar-refractivity contribution in [2.45, 2.75) is 45.1 Å². The number of ether oxygens (including phenoxy) is 3. The van der Waals surface area contributed by atoms with Crippen LogP contribution in [-0.4, -0.2) is 21.3 Å². The van der Waals surface area contributed by atoms with Crippen molar-refractivity contribution in [3.63, 3.8) is 0 Å². The van der Waals surface area contributed by atoms with Crippen molar-refractivity contribution in [3.8, 4) is 17.2 Å². The van der Waals surface area contributed by atoms with Gasteiger partial charge in [0.1, 0.15) is 17.2 Å². The minimum absolute atomic E-state index is 0.0826. The molecule has 1 aromatic carbocycles. The highest BCUT2D eigenvalue weighted by molar-refractivity contribution is 5.53. The summed E-state index contributed by atoms with van der Waals surface area (Å²) in [6.07, 6.45) is 5.92. The molecule has 2 rings (SSSR count). The number of hydrogen-bond acceptors (Lipinski definition) is 4. The molecule has 118 valence electrons. The van der Waals surface area contributed by atoms with Crippen LogP contribution >= 0.6 is 0 Å². The molecule has 0 bridgehead atoms. The molecular formula is C17H27NO3. The molecule has 0 aromatic heterocycles. The van der Waals surface area contributed by atoms with Crippen molar-refractivity contribution >= 4 is 0 Å². The molecule has 2 N–H and O–H groups in total. The molecule has 1 saturated carbocycles. The van der Waals surface area contributed by atoms with Gasteiger partial charge in [-0.15, -0.1) is 0 Å². The van der Waals surface area contributed by atoms with Crippen molar-refractivity contribution in [1.29, 1.82) is 0 Å². The molecule has 0 radical (unpaired) electrons. The molecule has 1 aliphatic carbocycles. The van der Waals surface area contributed by atoms with Gasteiger partial charge >= 0.3 is 0 Å². The molecule has 1 unspecified atom stereocenters. The second-order valence-corrected chi connectivity index (χ2v) is 5.85. The number of rotatable bonds is 6. The first-order valence-electron chi connectivity index (χ1n) is 7.67. The van der Waals surface area contributed by atoms with E-state index in [2.05, 4.69) is 6.92 Å². The third kappa shape index (κ3) is 2.82. The van der Waals surface area contributed by atoms with Crippen LogP contribution in [0.2, 0.25) is 0 Å². The lowest BCUT2D eigenvalue weighted by Gasteiger charge is -2.36. The third-order valence-electron chi connectivity index (χ3n) is 5.03. The molecule has 4 nitrogen and oxygen atoms in total. The van der Waals surface area contributed by atoms with Crippen molar-refractivity contribution in [2.24, 2.45) is 11.1 Å². The summed E-state index contributed by atoms with van der Waals surface area (Å²) in [7, 11) is 4.97. The van der Waals surface area contributed by atoms with Crippen LogP contribution in [0, 0.1) is 5.41 Å². The van der Waals surface area contributed by atoms with Gasteiger partial charge in [0.2, 0.25) is 0 Å². The Bertz CT molecular complexity index is 456. The van der Waals surface area contributed by atoms with E-state index in [1.54, 1.807) is 21.3 Å². The Morgan fingerprint density at radius 3 is 1.95 bits per heavy atom. The van der Waals surface area contributed by atoms with Crippen molar-refractivity contribution < 1.29 is 14.2 Å². The Hall–Kier alpha value is -1.42. The minimum Gasteiger partial charge on any atom is -0.496 e. The second kappa shape index (κ2) is 6.56. The molecule has 4 heteroatoms. The minimum atomic E-state index is -0.0826. The number of benzene rings is 1. The summed E-state index contributed by atoms with van der Waals surface area (Å²) >= 11 is 0. The molecule has 1 fully saturated rings. The van der Waals surface area contributed by atoms with E-state index >= 15 is 0 Å². The third-order valence-corrected chi connectivity index (χ3v) is 5.03. The average molecular weight is 293 g/mol. The van der Waals surface area contributed by atoms with Gasteiger partial charge in [0, 0.05) is 18.2 Å². The van der Waals surface area contributed by atoms with Crippen LogP contribution in [0.25, 0.3) is 0 Å². The number of methoxy groups -OCH3 is 3. The maximum atomic E-state index is 6.69. The van der Waals surface area contributed by atoms with Crippen LogP contribution in [0.15, 0.2) is 12.1 Å². The molecule has 1 aromatic rings. The first-order valence-corrected chi connectivity index (χ1v) is 7.67. The zero-order chi connectivity index (χ0) is 15.5. The average Bonchev–Trinajstić information content (AvgIpc) is 3.02. The fraction of sp³-hybridized carbons (Fsp3) is 0.647. The van der Waals surface area contributed by atoms with E-state index in [9.17, 15) is 0 Å². The molecule has 0 spiro atoms. The van der Waals surface area contributed by atoms with E-state index in [1.807, 2.05) is 12.1 Å². The summed E-state index contributed by atoms with van der Waals surface area (Å²) in [4.78, 5) is 0. The van der Waals surface area contributed by atoms with Gasteiger partial charge in [-0.05, 0) is 24.7 Å². The van der Waals surface area contributed by atoms with Crippen LogP contribution < -0.4 is 19.9 Å². The standard InChI is InChI=1S/C17H27NO3/c1-5-17(8-6-7-9-17)16(18)15-13(20-3)10-12(19-2)11-14(15)21-4/h10-11,16H,5-9,18H2,1-4H3. The molecule has 0 heterocycles. The molecule has 21 heavy (non-hydrogen) atoms. The predicted molar refractivity (Wildman–Crippen MR) is 84.2 cm³/mol. The van der Waals surface area contributed by atoms with Gasteiger partial charge in [-0.3, -0.25) is 0 Å². The van der Waals surface area contributed by atoms with Crippen LogP contribution in [0.3, 0.4) is 0 Å². The van der Waals surface area contributed by atoms with Crippen molar-refractivity contribution in [3.05, 3.63) is 17.7 Å². The van der Waals surface area contributed by atoms with Gasteiger partial charge in [-0.1, -0.05) is 19.8 Å². The normalized spacial score (nSPS) is 18.3. The van der Waals surface area contributed by atoms with E-state index in [1.165, 1.54) is 25.7 Å². The Morgan fingerprint density at radius 1 is 1.05 bits per heavy atom. The molecular weight excluding hydrogens is 266 g/mol. The van der Waals surface area contributed by atoms with E-state index in [-0.39, 0.29) is 11.5 Å². The Kier molecular flexibility index (Phi) is 4.99. The maximum absolute atomic E-state index is 6.69. The van der Waals surface area contributed by atoms with Gasteiger partial charge in [0.15, 0.2) is 0 Å². The summed E-state index contributed by atoms with van der Waals surface area (Å²) in [6, 6.07) is 3.69. The van der Waals surface area contributed by atoms with Gasteiger partial charge in [0.05, 0.1) is 26.9 Å². The van der Waals surface area contributed by atoms with Crippen LogP contribution in [0.5, 0.6) is 17.2 Å². The van der Waals surface area contributed by atoms with Crippen LogP contribution in [0.1, 0.15) is 50.6 Å². The van der Waals surface area contributed by atoms with Crippen molar-refractivity contribution in [2.75, 3.05) is 21.3 Å². The van der Waals surface area contributed by atoms with Gasteiger partial charge < -0.3 is 19.9 Å². The highest BCUT2D eigenvalue weighted by Crippen LogP contribution is 2.52.